The number of alkyl halides is 1. The highest BCUT2D eigenvalue weighted by Crippen LogP contribution is 2.31. The van der Waals surface area contributed by atoms with Gasteiger partial charge >= 0.3 is 5.97 Å². The summed E-state index contributed by atoms with van der Waals surface area (Å²) in [5.41, 5.74) is 2.35. The number of benzene rings is 2. The van der Waals surface area contributed by atoms with E-state index in [2.05, 4.69) is 5.16 Å². The van der Waals surface area contributed by atoms with Crippen LogP contribution in [0.1, 0.15) is 24.0 Å². The van der Waals surface area contributed by atoms with Crippen molar-refractivity contribution in [1.82, 2.24) is 0 Å². The van der Waals surface area contributed by atoms with Gasteiger partial charge in [-0.3, -0.25) is 4.79 Å². The number of halogens is 2. The molecule has 0 fully saturated rings. The van der Waals surface area contributed by atoms with Gasteiger partial charge in [-0.25, -0.2) is 4.79 Å². The SMILES string of the molecule is O=C(CCCCl)ON=C1C(=O)N(Cc2cccc(Cl)c2)c2ccccc21. The van der Waals surface area contributed by atoms with E-state index in [1.807, 2.05) is 24.3 Å². The molecule has 0 radical (unpaired) electrons. The standard InChI is InChI=1S/C19H16Cl2N2O3/c20-10-4-9-17(24)26-22-18-15-7-1-2-8-16(15)23(19(18)25)12-13-5-3-6-14(21)11-13/h1-3,5-8,11H,4,9-10,12H2. The van der Waals surface area contributed by atoms with Gasteiger partial charge in [0.1, 0.15) is 0 Å². The number of hydrogen-bond donors (Lipinski definition) is 0. The van der Waals surface area contributed by atoms with Gasteiger partial charge in [-0.2, -0.15) is 0 Å². The molecule has 0 unspecified atom stereocenters. The van der Waals surface area contributed by atoms with Crippen LogP contribution in [0, 0.1) is 0 Å². The van der Waals surface area contributed by atoms with Crippen molar-refractivity contribution in [2.45, 2.75) is 19.4 Å². The summed E-state index contributed by atoms with van der Waals surface area (Å²) in [6, 6.07) is 14.6. The third kappa shape index (κ3) is 4.06. The van der Waals surface area contributed by atoms with Crippen molar-refractivity contribution in [1.29, 1.82) is 0 Å². The fraction of sp³-hybridized carbons (Fsp3) is 0.211. The van der Waals surface area contributed by atoms with Gasteiger partial charge in [-0.05, 0) is 30.2 Å². The molecule has 5 nitrogen and oxygen atoms in total. The predicted octanol–water partition coefficient (Wildman–Crippen LogP) is 4.15. The number of nitrogens with zero attached hydrogens (tertiary/aromatic N) is 2. The largest absolute Gasteiger partial charge is 0.335 e. The zero-order chi connectivity index (χ0) is 18.5. The van der Waals surface area contributed by atoms with Crippen molar-refractivity contribution in [2.24, 2.45) is 5.16 Å². The van der Waals surface area contributed by atoms with Crippen molar-refractivity contribution in [3.05, 3.63) is 64.7 Å². The Morgan fingerprint density at radius 1 is 1.15 bits per heavy atom. The van der Waals surface area contributed by atoms with E-state index in [9.17, 15) is 9.59 Å². The summed E-state index contributed by atoms with van der Waals surface area (Å²) in [7, 11) is 0. The van der Waals surface area contributed by atoms with E-state index in [4.69, 9.17) is 28.0 Å². The Labute approximate surface area is 161 Å². The summed E-state index contributed by atoms with van der Waals surface area (Å²) >= 11 is 11.6. The first-order chi connectivity index (χ1) is 12.6. The van der Waals surface area contributed by atoms with Gasteiger partial charge in [0.25, 0.3) is 5.91 Å². The second kappa shape index (κ2) is 8.34. The van der Waals surface area contributed by atoms with Gasteiger partial charge in [0.15, 0.2) is 5.71 Å². The molecule has 1 amide bonds. The minimum atomic E-state index is -0.517. The maximum atomic E-state index is 12.8. The molecule has 0 aliphatic carbocycles. The Bertz CT molecular complexity index is 867. The number of anilines is 1. The molecule has 2 aromatic rings. The number of para-hydroxylation sites is 1. The van der Waals surface area contributed by atoms with E-state index in [1.165, 1.54) is 0 Å². The smallest absolute Gasteiger partial charge is 0.317 e. The number of amides is 1. The minimum Gasteiger partial charge on any atom is -0.317 e. The van der Waals surface area contributed by atoms with Crippen molar-refractivity contribution >= 4 is 46.5 Å². The summed E-state index contributed by atoms with van der Waals surface area (Å²) in [4.78, 5) is 31.0. The summed E-state index contributed by atoms with van der Waals surface area (Å²) in [5.74, 6) is -0.478. The monoisotopic (exact) mass is 390 g/mol. The van der Waals surface area contributed by atoms with Crippen LogP contribution in [0.5, 0.6) is 0 Å². The normalized spacial score (nSPS) is 14.6. The fourth-order valence-electron chi connectivity index (χ4n) is 2.68. The molecule has 0 N–H and O–H groups in total. The Balaban J connectivity index is 1.85. The zero-order valence-corrected chi connectivity index (χ0v) is 15.3. The molecule has 1 aliphatic heterocycles. The molecule has 0 bridgehead atoms. The number of rotatable bonds is 6. The van der Waals surface area contributed by atoms with Crippen LogP contribution in [0.4, 0.5) is 5.69 Å². The molecular formula is C19H16Cl2N2O3. The summed E-state index contributed by atoms with van der Waals surface area (Å²) in [5, 5.41) is 4.42. The van der Waals surface area contributed by atoms with Crippen LogP contribution in [0.25, 0.3) is 0 Å². The number of oxime groups is 1. The van der Waals surface area contributed by atoms with Crippen LogP contribution < -0.4 is 4.90 Å². The number of carbonyl (C=O) groups excluding carboxylic acids is 2. The van der Waals surface area contributed by atoms with Gasteiger partial charge in [0.2, 0.25) is 0 Å². The Morgan fingerprint density at radius 3 is 2.73 bits per heavy atom. The van der Waals surface area contributed by atoms with Crippen LogP contribution >= 0.6 is 23.2 Å². The molecule has 0 saturated carbocycles. The van der Waals surface area contributed by atoms with Crippen LogP contribution in [0.2, 0.25) is 5.02 Å². The lowest BCUT2D eigenvalue weighted by Crippen LogP contribution is -2.29. The van der Waals surface area contributed by atoms with Crippen molar-refractivity contribution in [2.75, 3.05) is 10.8 Å². The molecule has 0 saturated heterocycles. The van der Waals surface area contributed by atoms with Crippen molar-refractivity contribution < 1.29 is 14.4 Å². The zero-order valence-electron chi connectivity index (χ0n) is 13.8. The first-order valence-corrected chi connectivity index (χ1v) is 9.01. The average molecular weight is 391 g/mol. The third-order valence-corrected chi connectivity index (χ3v) is 4.38. The lowest BCUT2D eigenvalue weighted by molar-refractivity contribution is -0.143. The van der Waals surface area contributed by atoms with Crippen LogP contribution in [-0.2, 0) is 21.0 Å². The predicted molar refractivity (Wildman–Crippen MR) is 102 cm³/mol. The Morgan fingerprint density at radius 2 is 1.96 bits per heavy atom. The molecular weight excluding hydrogens is 375 g/mol. The molecule has 134 valence electrons. The van der Waals surface area contributed by atoms with E-state index in [0.717, 1.165) is 5.56 Å². The Hall–Kier alpha value is -2.37. The molecule has 1 aliphatic rings. The molecule has 0 atom stereocenters. The second-order valence-corrected chi connectivity index (χ2v) is 6.55. The summed E-state index contributed by atoms with van der Waals surface area (Å²) in [6.07, 6.45) is 0.652. The first-order valence-electron chi connectivity index (χ1n) is 8.09. The molecule has 0 aromatic heterocycles. The lowest BCUT2D eigenvalue weighted by Gasteiger charge is -2.16. The topological polar surface area (TPSA) is 59.0 Å². The molecule has 2 aromatic carbocycles. The average Bonchev–Trinajstić information content (AvgIpc) is 2.90. The van der Waals surface area contributed by atoms with E-state index in [1.54, 1.807) is 29.2 Å². The van der Waals surface area contributed by atoms with E-state index < -0.39 is 5.97 Å². The minimum absolute atomic E-state index is 0.113. The van der Waals surface area contributed by atoms with Crippen LogP contribution in [-0.4, -0.2) is 23.5 Å². The van der Waals surface area contributed by atoms with Gasteiger partial charge in [0.05, 0.1) is 12.2 Å². The number of carbonyl (C=O) groups is 2. The highest BCUT2D eigenvalue weighted by Gasteiger charge is 2.34. The van der Waals surface area contributed by atoms with E-state index >= 15 is 0 Å². The molecule has 1 heterocycles. The van der Waals surface area contributed by atoms with Crippen LogP contribution in [0.15, 0.2) is 53.7 Å². The van der Waals surface area contributed by atoms with Gasteiger partial charge in [-0.1, -0.05) is 47.1 Å². The third-order valence-electron chi connectivity index (χ3n) is 3.88. The second-order valence-electron chi connectivity index (χ2n) is 5.73. The maximum Gasteiger partial charge on any atom is 0.335 e. The fourth-order valence-corrected chi connectivity index (χ4v) is 3.02. The number of hydrogen-bond acceptors (Lipinski definition) is 4. The highest BCUT2D eigenvalue weighted by molar-refractivity contribution is 6.54. The molecule has 3 rings (SSSR count). The summed E-state index contributed by atoms with van der Waals surface area (Å²) in [6.45, 7) is 0.343. The van der Waals surface area contributed by atoms with Gasteiger partial charge in [-0.15, -0.1) is 11.6 Å². The maximum absolute atomic E-state index is 12.8. The van der Waals surface area contributed by atoms with E-state index in [0.29, 0.717) is 35.1 Å². The van der Waals surface area contributed by atoms with Gasteiger partial charge in [0, 0.05) is 22.9 Å². The summed E-state index contributed by atoms with van der Waals surface area (Å²) < 4.78 is 0. The molecule has 7 heteroatoms. The molecule has 26 heavy (non-hydrogen) atoms. The van der Waals surface area contributed by atoms with Crippen molar-refractivity contribution in [3.8, 4) is 0 Å². The quantitative estimate of drug-likeness (QED) is 0.422. The van der Waals surface area contributed by atoms with E-state index in [-0.39, 0.29) is 18.0 Å². The highest BCUT2D eigenvalue weighted by atomic mass is 35.5. The molecule has 0 spiro atoms. The number of fused-ring (bicyclic) bond motifs is 1. The van der Waals surface area contributed by atoms with Gasteiger partial charge < -0.3 is 9.74 Å². The van der Waals surface area contributed by atoms with Crippen molar-refractivity contribution in [3.63, 3.8) is 0 Å². The first kappa shape index (κ1) is 18.4. The lowest BCUT2D eigenvalue weighted by atomic mass is 10.1. The van der Waals surface area contributed by atoms with Crippen LogP contribution in [0.3, 0.4) is 0 Å². The Kier molecular flexibility index (Phi) is 5.91.